The van der Waals surface area contributed by atoms with Gasteiger partial charge in [0.25, 0.3) is 0 Å². The molecular weight excluding hydrogens is 489 g/mol. The molecule has 1 aliphatic carbocycles. The van der Waals surface area contributed by atoms with Crippen LogP contribution in [0.4, 0.5) is 13.2 Å². The fourth-order valence-corrected chi connectivity index (χ4v) is 4.57. The first kappa shape index (κ1) is 30.9. The molecule has 6 nitrogen and oxygen atoms in total. The number of hydrogen-bond donors (Lipinski definition) is 2. The summed E-state index contributed by atoms with van der Waals surface area (Å²) in [5.74, 6) is -0.245. The third-order valence-electron chi connectivity index (χ3n) is 6.29. The topological polar surface area (TPSA) is 85.2 Å². The van der Waals surface area contributed by atoms with Crippen LogP contribution in [0.5, 0.6) is 5.75 Å². The van der Waals surface area contributed by atoms with Crippen LogP contribution in [0.3, 0.4) is 0 Å². The minimum atomic E-state index is -4.47. The summed E-state index contributed by atoms with van der Waals surface area (Å²) in [6.07, 6.45) is 4.23. The van der Waals surface area contributed by atoms with Crippen molar-refractivity contribution in [3.63, 3.8) is 0 Å². The Bertz CT molecular complexity index is 883. The Morgan fingerprint density at radius 2 is 2.00 bits per heavy atom. The van der Waals surface area contributed by atoms with Crippen LogP contribution < -0.4 is 4.74 Å². The van der Waals surface area contributed by atoms with Gasteiger partial charge in [-0.15, -0.1) is 0 Å². The maximum Gasteiger partial charge on any atom is 0.416 e. The highest BCUT2D eigenvalue weighted by molar-refractivity contribution is 5.69. The maximum absolute atomic E-state index is 12.9. The number of halogens is 3. The van der Waals surface area contributed by atoms with Crippen LogP contribution in [0.2, 0.25) is 0 Å². The van der Waals surface area contributed by atoms with Crippen molar-refractivity contribution in [3.8, 4) is 5.75 Å². The summed E-state index contributed by atoms with van der Waals surface area (Å²) < 4.78 is 54.4. The van der Waals surface area contributed by atoms with Gasteiger partial charge in [-0.25, -0.2) is 0 Å². The molecule has 1 aromatic carbocycles. The number of methoxy groups -OCH3 is 1. The monoisotopic (exact) mass is 528 g/mol. The molecule has 2 N–H and O–H groups in total. The van der Waals surface area contributed by atoms with Gasteiger partial charge in [-0.1, -0.05) is 30.4 Å². The summed E-state index contributed by atoms with van der Waals surface area (Å²) in [5.41, 5.74) is -0.816. The van der Waals surface area contributed by atoms with Crippen molar-refractivity contribution in [2.75, 3.05) is 20.3 Å². The maximum atomic E-state index is 12.9. The Kier molecular flexibility index (Phi) is 12.6. The Morgan fingerprint density at radius 1 is 1.24 bits per heavy atom. The largest absolute Gasteiger partial charge is 0.491 e. The van der Waals surface area contributed by atoms with Crippen LogP contribution in [0.1, 0.15) is 51.5 Å². The minimum Gasteiger partial charge on any atom is -0.491 e. The highest BCUT2D eigenvalue weighted by Crippen LogP contribution is 2.41. The average Bonchev–Trinajstić information content (AvgIpc) is 3.11. The van der Waals surface area contributed by atoms with Gasteiger partial charge in [-0.05, 0) is 75.5 Å². The quantitative estimate of drug-likeness (QED) is 0.193. The van der Waals surface area contributed by atoms with Gasteiger partial charge in [0.2, 0.25) is 0 Å². The van der Waals surface area contributed by atoms with E-state index in [1.807, 2.05) is 32.1 Å². The van der Waals surface area contributed by atoms with Crippen LogP contribution in [-0.2, 0) is 20.4 Å². The molecule has 0 radical (unpaired) electrons. The van der Waals surface area contributed by atoms with Gasteiger partial charge in [0, 0.05) is 20.1 Å². The molecule has 0 bridgehead atoms. The number of allylic oxidation sites excluding steroid dienone is 3. The summed E-state index contributed by atoms with van der Waals surface area (Å²) in [4.78, 5) is 11.6. The number of aliphatic hydroxyl groups excluding tert-OH is 2. The number of carbonyl (C=O) groups is 1. The predicted octanol–water partition coefficient (Wildman–Crippen LogP) is 5.33. The first-order chi connectivity index (χ1) is 17.5. The van der Waals surface area contributed by atoms with Crippen LogP contribution in [0, 0.1) is 17.8 Å². The van der Waals surface area contributed by atoms with Crippen LogP contribution in [0.15, 0.2) is 48.6 Å². The van der Waals surface area contributed by atoms with Crippen molar-refractivity contribution in [3.05, 3.63) is 54.1 Å². The standard InChI is InChI=1S/C28H39F3O6/c1-19(2)37-27(34)12-7-5-4-6-11-25-24(20(17-35-3)15-26(25)33)14-13-22(32)18-36-23-10-8-9-21(16-23)28(29,30)31/h4,6,8-10,13-14,16,19-20,22,24-26,32-33H,5,7,11-12,15,17-18H2,1-3H3. The number of ether oxygens (including phenoxy) is 3. The summed E-state index contributed by atoms with van der Waals surface area (Å²) >= 11 is 0. The molecule has 0 amide bonds. The Morgan fingerprint density at radius 3 is 2.68 bits per heavy atom. The molecular formula is C28H39F3O6. The van der Waals surface area contributed by atoms with Gasteiger partial charge in [0.05, 0.1) is 17.8 Å². The zero-order valence-electron chi connectivity index (χ0n) is 21.7. The van der Waals surface area contributed by atoms with E-state index < -0.39 is 23.9 Å². The summed E-state index contributed by atoms with van der Waals surface area (Å²) in [7, 11) is 1.60. The van der Waals surface area contributed by atoms with Crippen molar-refractivity contribution < 1.29 is 42.4 Å². The highest BCUT2D eigenvalue weighted by Gasteiger charge is 2.40. The number of benzene rings is 1. The zero-order chi connectivity index (χ0) is 27.4. The molecule has 1 aliphatic rings. The smallest absolute Gasteiger partial charge is 0.416 e. The molecule has 5 atom stereocenters. The van der Waals surface area contributed by atoms with Crippen molar-refractivity contribution in [2.24, 2.45) is 17.8 Å². The van der Waals surface area contributed by atoms with Gasteiger partial charge < -0.3 is 24.4 Å². The van der Waals surface area contributed by atoms with Crippen molar-refractivity contribution >= 4 is 5.97 Å². The molecule has 0 spiro atoms. The third-order valence-corrected chi connectivity index (χ3v) is 6.29. The molecule has 5 unspecified atom stereocenters. The summed E-state index contributed by atoms with van der Waals surface area (Å²) in [6, 6.07) is 4.52. The Labute approximate surface area is 217 Å². The predicted molar refractivity (Wildman–Crippen MR) is 134 cm³/mol. The van der Waals surface area contributed by atoms with E-state index in [1.165, 1.54) is 12.1 Å². The fourth-order valence-electron chi connectivity index (χ4n) is 4.57. The second kappa shape index (κ2) is 15.1. The van der Waals surface area contributed by atoms with Crippen LogP contribution in [-0.4, -0.2) is 54.8 Å². The normalized spacial score (nSPS) is 23.3. The van der Waals surface area contributed by atoms with E-state index >= 15 is 0 Å². The SMILES string of the molecule is COCC1CC(O)C(CC=CCCCC(=O)OC(C)C)C1C=CC(O)COc1cccc(C(F)(F)F)c1. The first-order valence-electron chi connectivity index (χ1n) is 12.7. The average molecular weight is 529 g/mol. The summed E-state index contributed by atoms with van der Waals surface area (Å²) in [6.45, 7) is 3.89. The van der Waals surface area contributed by atoms with E-state index in [4.69, 9.17) is 14.2 Å². The minimum absolute atomic E-state index is 0.0244. The fraction of sp³-hybridized carbons (Fsp3) is 0.607. The number of rotatable bonds is 14. The van der Waals surface area contributed by atoms with E-state index in [-0.39, 0.29) is 42.2 Å². The van der Waals surface area contributed by atoms with Gasteiger partial charge >= 0.3 is 12.1 Å². The molecule has 0 aliphatic heterocycles. The Balaban J connectivity index is 1.91. The third kappa shape index (κ3) is 10.9. The number of hydrogen-bond acceptors (Lipinski definition) is 6. The lowest BCUT2D eigenvalue weighted by Crippen LogP contribution is -2.21. The molecule has 1 saturated carbocycles. The number of aliphatic hydroxyl groups is 2. The first-order valence-corrected chi connectivity index (χ1v) is 12.7. The highest BCUT2D eigenvalue weighted by atomic mass is 19.4. The lowest BCUT2D eigenvalue weighted by Gasteiger charge is -2.22. The Hall–Kier alpha value is -2.36. The lowest BCUT2D eigenvalue weighted by atomic mass is 9.86. The van der Waals surface area contributed by atoms with E-state index in [0.717, 1.165) is 18.6 Å². The lowest BCUT2D eigenvalue weighted by molar-refractivity contribution is -0.147. The number of esters is 1. The van der Waals surface area contributed by atoms with Crippen molar-refractivity contribution in [1.29, 1.82) is 0 Å². The van der Waals surface area contributed by atoms with Crippen molar-refractivity contribution in [2.45, 2.75) is 70.4 Å². The van der Waals surface area contributed by atoms with E-state index in [2.05, 4.69) is 0 Å². The van der Waals surface area contributed by atoms with Gasteiger partial charge in [-0.2, -0.15) is 13.2 Å². The molecule has 9 heteroatoms. The second-order valence-electron chi connectivity index (χ2n) is 9.69. The molecule has 208 valence electrons. The molecule has 0 aromatic heterocycles. The molecule has 37 heavy (non-hydrogen) atoms. The molecule has 0 heterocycles. The number of unbranched alkanes of at least 4 members (excludes halogenated alkanes) is 1. The zero-order valence-corrected chi connectivity index (χ0v) is 21.7. The second-order valence-corrected chi connectivity index (χ2v) is 9.69. The number of alkyl halides is 3. The van der Waals surface area contributed by atoms with E-state index in [0.29, 0.717) is 32.3 Å². The number of carbonyl (C=O) groups excluding carboxylic acids is 1. The molecule has 0 saturated heterocycles. The van der Waals surface area contributed by atoms with Gasteiger partial charge in [0.1, 0.15) is 18.5 Å². The van der Waals surface area contributed by atoms with Crippen LogP contribution in [0.25, 0.3) is 0 Å². The van der Waals surface area contributed by atoms with Crippen LogP contribution >= 0.6 is 0 Å². The van der Waals surface area contributed by atoms with E-state index in [1.54, 1.807) is 13.2 Å². The van der Waals surface area contributed by atoms with Gasteiger partial charge in [-0.3, -0.25) is 4.79 Å². The van der Waals surface area contributed by atoms with Crippen molar-refractivity contribution in [1.82, 2.24) is 0 Å². The molecule has 2 rings (SSSR count). The molecule has 1 fully saturated rings. The summed E-state index contributed by atoms with van der Waals surface area (Å²) in [5, 5.41) is 21.0. The van der Waals surface area contributed by atoms with Gasteiger partial charge in [0.15, 0.2) is 0 Å². The molecule has 1 aromatic rings. The van der Waals surface area contributed by atoms with E-state index in [9.17, 15) is 28.2 Å².